The number of ether oxygens (including phenoxy) is 1. The van der Waals surface area contributed by atoms with Crippen molar-refractivity contribution in [2.45, 2.75) is 25.0 Å². The fourth-order valence-electron chi connectivity index (χ4n) is 2.91. The molecule has 0 radical (unpaired) electrons. The average molecular weight is 261 g/mol. The molecule has 4 heterocycles. The summed E-state index contributed by atoms with van der Waals surface area (Å²) in [4.78, 5) is 11.0. The summed E-state index contributed by atoms with van der Waals surface area (Å²) >= 11 is 0. The molecule has 0 aromatic carbocycles. The van der Waals surface area contributed by atoms with Gasteiger partial charge in [0.25, 0.3) is 0 Å². The highest BCUT2D eigenvalue weighted by atomic mass is 16.5. The largest absolute Gasteiger partial charge is 0.371 e. The highest BCUT2D eigenvalue weighted by Crippen LogP contribution is 2.31. The summed E-state index contributed by atoms with van der Waals surface area (Å²) in [6, 6.07) is 0. The first-order chi connectivity index (χ1) is 9.33. The van der Waals surface area contributed by atoms with Gasteiger partial charge in [-0.25, -0.2) is 5.84 Å². The van der Waals surface area contributed by atoms with Gasteiger partial charge in [0.1, 0.15) is 5.82 Å². The Labute approximate surface area is 109 Å². The normalized spacial score (nSPS) is 26.1. The molecule has 8 heteroatoms. The van der Waals surface area contributed by atoms with E-state index in [1.165, 1.54) is 0 Å². The number of rotatable bonds is 2. The Morgan fingerprint density at radius 2 is 2.11 bits per heavy atom. The van der Waals surface area contributed by atoms with Crippen molar-refractivity contribution in [3.63, 3.8) is 0 Å². The number of anilines is 2. The van der Waals surface area contributed by atoms with Crippen LogP contribution in [-0.4, -0.2) is 45.5 Å². The van der Waals surface area contributed by atoms with Crippen molar-refractivity contribution in [1.82, 2.24) is 20.2 Å². The second-order valence-electron chi connectivity index (χ2n) is 5.01. The first kappa shape index (κ1) is 10.9. The Balaban J connectivity index is 1.78. The fraction of sp³-hybridized carbons (Fsp3) is 0.545. The SMILES string of the molecule is NNc1nc(N2CC3CCC(C2)O3)c2cn[nH]c2n1. The minimum Gasteiger partial charge on any atom is -0.371 e. The van der Waals surface area contributed by atoms with Gasteiger partial charge in [-0.15, -0.1) is 0 Å². The average Bonchev–Trinajstić information content (AvgIpc) is 3.03. The Kier molecular flexibility index (Phi) is 2.32. The van der Waals surface area contributed by atoms with Crippen LogP contribution in [0.2, 0.25) is 0 Å². The molecule has 2 unspecified atom stereocenters. The van der Waals surface area contributed by atoms with Crippen LogP contribution >= 0.6 is 0 Å². The summed E-state index contributed by atoms with van der Waals surface area (Å²) in [5.41, 5.74) is 3.19. The highest BCUT2D eigenvalue weighted by molar-refractivity contribution is 5.87. The van der Waals surface area contributed by atoms with Crippen molar-refractivity contribution in [3.05, 3.63) is 6.20 Å². The third-order valence-corrected chi connectivity index (χ3v) is 3.76. The van der Waals surface area contributed by atoms with E-state index in [9.17, 15) is 0 Å². The van der Waals surface area contributed by atoms with E-state index < -0.39 is 0 Å². The number of nitrogens with two attached hydrogens (primary N) is 1. The summed E-state index contributed by atoms with van der Waals surface area (Å²) in [7, 11) is 0. The molecule has 2 saturated heterocycles. The zero-order valence-electron chi connectivity index (χ0n) is 10.3. The Hall–Kier alpha value is -1.93. The van der Waals surface area contributed by atoms with Crippen LogP contribution in [0.1, 0.15) is 12.8 Å². The smallest absolute Gasteiger partial charge is 0.241 e. The van der Waals surface area contributed by atoms with E-state index in [1.54, 1.807) is 6.20 Å². The monoisotopic (exact) mass is 261 g/mol. The third kappa shape index (κ3) is 1.71. The van der Waals surface area contributed by atoms with Gasteiger partial charge in [0.05, 0.1) is 23.8 Å². The number of aromatic nitrogens is 4. The molecular formula is C11H15N7O. The number of aromatic amines is 1. The molecule has 4 rings (SSSR count). The van der Waals surface area contributed by atoms with Gasteiger partial charge in [-0.3, -0.25) is 10.5 Å². The number of nitrogens with one attached hydrogen (secondary N) is 2. The number of hydrogen-bond acceptors (Lipinski definition) is 7. The molecule has 2 fully saturated rings. The molecule has 2 aromatic heterocycles. The van der Waals surface area contributed by atoms with Crippen molar-refractivity contribution >= 4 is 22.8 Å². The summed E-state index contributed by atoms with van der Waals surface area (Å²) in [5, 5.41) is 7.81. The van der Waals surface area contributed by atoms with Crippen LogP contribution in [-0.2, 0) is 4.74 Å². The molecule has 2 atom stereocenters. The minimum atomic E-state index is 0.310. The van der Waals surface area contributed by atoms with Crippen LogP contribution in [0.4, 0.5) is 11.8 Å². The number of nitrogen functional groups attached to an aromatic ring is 1. The van der Waals surface area contributed by atoms with Gasteiger partial charge in [-0.05, 0) is 12.8 Å². The van der Waals surface area contributed by atoms with Gasteiger partial charge in [0.2, 0.25) is 5.95 Å². The van der Waals surface area contributed by atoms with E-state index in [-0.39, 0.29) is 0 Å². The molecule has 2 aliphatic rings. The van der Waals surface area contributed by atoms with Gasteiger partial charge in [0.15, 0.2) is 5.65 Å². The molecule has 8 nitrogen and oxygen atoms in total. The first-order valence-corrected chi connectivity index (χ1v) is 6.41. The third-order valence-electron chi connectivity index (χ3n) is 3.76. The van der Waals surface area contributed by atoms with Crippen LogP contribution in [0, 0.1) is 0 Å². The first-order valence-electron chi connectivity index (χ1n) is 6.41. The molecule has 0 amide bonds. The van der Waals surface area contributed by atoms with E-state index in [1.807, 2.05) is 0 Å². The van der Waals surface area contributed by atoms with Gasteiger partial charge in [0, 0.05) is 13.1 Å². The zero-order chi connectivity index (χ0) is 12.8. The van der Waals surface area contributed by atoms with Crippen molar-refractivity contribution in [1.29, 1.82) is 0 Å². The Bertz CT molecular complexity index is 600. The maximum absolute atomic E-state index is 5.85. The minimum absolute atomic E-state index is 0.310. The van der Waals surface area contributed by atoms with Crippen molar-refractivity contribution in [2.24, 2.45) is 5.84 Å². The lowest BCUT2D eigenvalue weighted by Crippen LogP contribution is -2.43. The molecule has 19 heavy (non-hydrogen) atoms. The van der Waals surface area contributed by atoms with Crippen molar-refractivity contribution < 1.29 is 4.74 Å². The quantitative estimate of drug-likeness (QED) is 0.516. The lowest BCUT2D eigenvalue weighted by atomic mass is 10.2. The predicted octanol–water partition coefficient (Wildman–Crippen LogP) is 0.00610. The maximum atomic E-state index is 5.85. The van der Waals surface area contributed by atoms with E-state index in [0.717, 1.165) is 37.1 Å². The topological polar surface area (TPSA) is 105 Å². The number of nitrogens with zero attached hydrogens (tertiary/aromatic N) is 4. The molecule has 2 aliphatic heterocycles. The van der Waals surface area contributed by atoms with E-state index in [4.69, 9.17) is 10.6 Å². The van der Waals surface area contributed by atoms with Crippen LogP contribution in [0.3, 0.4) is 0 Å². The van der Waals surface area contributed by atoms with Crippen LogP contribution in [0.25, 0.3) is 11.0 Å². The molecular weight excluding hydrogens is 246 g/mol. The summed E-state index contributed by atoms with van der Waals surface area (Å²) in [6.07, 6.45) is 4.63. The predicted molar refractivity (Wildman–Crippen MR) is 69.6 cm³/mol. The van der Waals surface area contributed by atoms with Gasteiger partial charge < -0.3 is 9.64 Å². The molecule has 0 spiro atoms. The highest BCUT2D eigenvalue weighted by Gasteiger charge is 2.35. The molecule has 0 saturated carbocycles. The summed E-state index contributed by atoms with van der Waals surface area (Å²) < 4.78 is 5.85. The van der Waals surface area contributed by atoms with Crippen molar-refractivity contribution in [3.8, 4) is 0 Å². The second-order valence-corrected chi connectivity index (χ2v) is 5.01. The number of H-pyrrole nitrogens is 1. The number of hydrogen-bond donors (Lipinski definition) is 3. The maximum Gasteiger partial charge on any atom is 0.241 e. The van der Waals surface area contributed by atoms with Crippen LogP contribution < -0.4 is 16.2 Å². The summed E-state index contributed by atoms with van der Waals surface area (Å²) in [6.45, 7) is 1.72. The van der Waals surface area contributed by atoms with Gasteiger partial charge >= 0.3 is 0 Å². The standard InChI is InChI=1S/C11H15N7O/c12-16-11-14-9-8(3-13-17-9)10(15-11)18-4-6-1-2-7(5-18)19-6/h3,6-7H,1-2,4-5,12H2,(H2,13,14,15,16,17). The lowest BCUT2D eigenvalue weighted by molar-refractivity contribution is 0.0303. The van der Waals surface area contributed by atoms with E-state index >= 15 is 0 Å². The van der Waals surface area contributed by atoms with Crippen LogP contribution in [0.15, 0.2) is 6.20 Å². The fourth-order valence-corrected chi connectivity index (χ4v) is 2.91. The number of fused-ring (bicyclic) bond motifs is 3. The van der Waals surface area contributed by atoms with Gasteiger partial charge in [-0.2, -0.15) is 15.1 Å². The summed E-state index contributed by atoms with van der Waals surface area (Å²) in [5.74, 6) is 6.68. The van der Waals surface area contributed by atoms with Gasteiger partial charge in [-0.1, -0.05) is 0 Å². The Morgan fingerprint density at radius 1 is 1.32 bits per heavy atom. The molecule has 4 N–H and O–H groups in total. The molecule has 2 bridgehead atoms. The van der Waals surface area contributed by atoms with E-state index in [2.05, 4.69) is 30.5 Å². The molecule has 2 aromatic rings. The molecule has 100 valence electrons. The van der Waals surface area contributed by atoms with E-state index in [0.29, 0.717) is 23.8 Å². The molecule has 0 aliphatic carbocycles. The van der Waals surface area contributed by atoms with Crippen molar-refractivity contribution in [2.75, 3.05) is 23.4 Å². The van der Waals surface area contributed by atoms with Crippen LogP contribution in [0.5, 0.6) is 0 Å². The second kappa shape index (κ2) is 4.04. The lowest BCUT2D eigenvalue weighted by Gasteiger charge is -2.33. The number of hydrazine groups is 1. The zero-order valence-corrected chi connectivity index (χ0v) is 10.3. The number of morpholine rings is 1. The Morgan fingerprint density at radius 3 is 2.84 bits per heavy atom.